The first-order chi connectivity index (χ1) is 12.5. The molecule has 2 amide bonds. The summed E-state index contributed by atoms with van der Waals surface area (Å²) in [5.41, 5.74) is 1.26. The van der Waals surface area contributed by atoms with E-state index < -0.39 is 10.0 Å². The number of sulfonamides is 1. The van der Waals surface area contributed by atoms with Gasteiger partial charge in [-0.15, -0.1) is 0 Å². The van der Waals surface area contributed by atoms with Crippen molar-refractivity contribution in [2.75, 3.05) is 18.4 Å². The third kappa shape index (κ3) is 4.55. The maximum absolute atomic E-state index is 12.4. The van der Waals surface area contributed by atoms with Gasteiger partial charge < -0.3 is 10.2 Å². The molecule has 1 fully saturated rings. The molecule has 3 rings (SSSR count). The number of nitrogens with one attached hydrogen (secondary N) is 2. The lowest BCUT2D eigenvalue weighted by molar-refractivity contribution is 0.222. The Labute approximate surface area is 158 Å². The van der Waals surface area contributed by atoms with Gasteiger partial charge in [0.1, 0.15) is 0 Å². The number of urea groups is 1. The first kappa shape index (κ1) is 18.7. The molecule has 0 saturated carbocycles. The van der Waals surface area contributed by atoms with Crippen LogP contribution in [0.4, 0.5) is 10.5 Å². The van der Waals surface area contributed by atoms with Gasteiger partial charge in [-0.2, -0.15) is 0 Å². The normalized spacial score (nSPS) is 14.4. The fourth-order valence-electron chi connectivity index (χ4n) is 2.74. The molecule has 2 N–H and O–H groups in total. The Morgan fingerprint density at radius 2 is 1.69 bits per heavy atom. The van der Waals surface area contributed by atoms with Gasteiger partial charge in [0.05, 0.1) is 4.90 Å². The number of hydrogen-bond acceptors (Lipinski definition) is 3. The number of carbonyl (C=O) groups excluding carboxylic acids is 1. The Balaban J connectivity index is 1.63. The second-order valence-corrected chi connectivity index (χ2v) is 8.24. The number of nitrogens with zero attached hydrogens (tertiary/aromatic N) is 1. The molecule has 0 atom stereocenters. The van der Waals surface area contributed by atoms with Crippen molar-refractivity contribution >= 4 is 33.3 Å². The highest BCUT2D eigenvalue weighted by Gasteiger charge is 2.18. The quantitative estimate of drug-likeness (QED) is 0.816. The van der Waals surface area contributed by atoms with Crippen LogP contribution in [0.2, 0.25) is 5.02 Å². The first-order valence-corrected chi connectivity index (χ1v) is 10.2. The van der Waals surface area contributed by atoms with Gasteiger partial charge in [-0.25, -0.2) is 17.9 Å². The minimum atomic E-state index is -3.67. The fraction of sp³-hybridized carbons (Fsp3) is 0.278. The van der Waals surface area contributed by atoms with Crippen LogP contribution in [-0.4, -0.2) is 32.4 Å². The molecule has 0 bridgehead atoms. The second-order valence-electron chi connectivity index (χ2n) is 6.06. The number of amides is 2. The number of halogens is 1. The zero-order valence-electron chi connectivity index (χ0n) is 14.1. The van der Waals surface area contributed by atoms with E-state index in [1.807, 2.05) is 0 Å². The summed E-state index contributed by atoms with van der Waals surface area (Å²) >= 11 is 6.04. The van der Waals surface area contributed by atoms with Crippen molar-refractivity contribution in [3.05, 3.63) is 59.1 Å². The summed E-state index contributed by atoms with van der Waals surface area (Å²) in [4.78, 5) is 13.9. The lowest BCUT2D eigenvalue weighted by Crippen LogP contribution is -2.32. The Morgan fingerprint density at radius 3 is 2.35 bits per heavy atom. The lowest BCUT2D eigenvalue weighted by Gasteiger charge is -2.16. The highest BCUT2D eigenvalue weighted by atomic mass is 35.5. The molecule has 0 spiro atoms. The molecule has 0 aliphatic carbocycles. The predicted molar refractivity (Wildman–Crippen MR) is 102 cm³/mol. The van der Waals surface area contributed by atoms with Crippen molar-refractivity contribution in [2.45, 2.75) is 24.3 Å². The van der Waals surface area contributed by atoms with Crippen LogP contribution >= 0.6 is 11.6 Å². The molecule has 138 valence electrons. The summed E-state index contributed by atoms with van der Waals surface area (Å²) in [6.45, 7) is 1.62. The summed E-state index contributed by atoms with van der Waals surface area (Å²) < 4.78 is 27.3. The molecule has 0 radical (unpaired) electrons. The summed E-state index contributed by atoms with van der Waals surface area (Å²) in [6, 6.07) is 13.0. The van der Waals surface area contributed by atoms with Crippen molar-refractivity contribution in [1.82, 2.24) is 9.62 Å². The van der Waals surface area contributed by atoms with Crippen LogP contribution in [0.3, 0.4) is 0 Å². The molecule has 2 aromatic rings. The van der Waals surface area contributed by atoms with Gasteiger partial charge in [0, 0.05) is 30.3 Å². The molecule has 2 aromatic carbocycles. The standard InChI is InChI=1S/C18H20ClN3O3S/c19-17-6-2-1-5-14(17)13-20-26(24,25)16-9-7-15(8-10-16)21-18(23)22-11-3-4-12-22/h1-2,5-10,20H,3-4,11-13H2,(H,21,23). The van der Waals surface area contributed by atoms with E-state index in [2.05, 4.69) is 10.0 Å². The highest BCUT2D eigenvalue weighted by molar-refractivity contribution is 7.89. The van der Waals surface area contributed by atoms with E-state index in [0.717, 1.165) is 25.9 Å². The van der Waals surface area contributed by atoms with E-state index in [1.165, 1.54) is 12.1 Å². The molecular formula is C18H20ClN3O3S. The molecule has 6 nitrogen and oxygen atoms in total. The maximum atomic E-state index is 12.4. The van der Waals surface area contributed by atoms with Gasteiger partial charge in [0.25, 0.3) is 0 Å². The summed E-state index contributed by atoms with van der Waals surface area (Å²) in [6.07, 6.45) is 2.03. The number of benzene rings is 2. The van der Waals surface area contributed by atoms with Crippen LogP contribution in [-0.2, 0) is 16.6 Å². The average Bonchev–Trinajstić information content (AvgIpc) is 3.16. The van der Waals surface area contributed by atoms with Crippen LogP contribution in [0.15, 0.2) is 53.4 Å². The Hall–Kier alpha value is -2.09. The summed E-state index contributed by atoms with van der Waals surface area (Å²) in [7, 11) is -3.67. The van der Waals surface area contributed by atoms with E-state index in [9.17, 15) is 13.2 Å². The van der Waals surface area contributed by atoms with Gasteiger partial charge in [0.15, 0.2) is 0 Å². The Kier molecular flexibility index (Phi) is 5.80. The number of hydrogen-bond donors (Lipinski definition) is 2. The first-order valence-electron chi connectivity index (χ1n) is 8.35. The zero-order chi connectivity index (χ0) is 18.6. The predicted octanol–water partition coefficient (Wildman–Crippen LogP) is 3.45. The monoisotopic (exact) mass is 393 g/mol. The molecule has 1 heterocycles. The van der Waals surface area contributed by atoms with E-state index in [0.29, 0.717) is 16.3 Å². The van der Waals surface area contributed by atoms with E-state index in [-0.39, 0.29) is 17.5 Å². The van der Waals surface area contributed by atoms with Gasteiger partial charge in [0.2, 0.25) is 10.0 Å². The van der Waals surface area contributed by atoms with Gasteiger partial charge in [-0.1, -0.05) is 29.8 Å². The third-order valence-corrected chi connectivity index (χ3v) is 6.01. The van der Waals surface area contributed by atoms with Crippen LogP contribution in [0, 0.1) is 0 Å². The third-order valence-electron chi connectivity index (χ3n) is 4.22. The maximum Gasteiger partial charge on any atom is 0.321 e. The van der Waals surface area contributed by atoms with Crippen molar-refractivity contribution in [2.24, 2.45) is 0 Å². The van der Waals surface area contributed by atoms with Crippen molar-refractivity contribution in [3.8, 4) is 0 Å². The molecule has 26 heavy (non-hydrogen) atoms. The highest BCUT2D eigenvalue weighted by Crippen LogP contribution is 2.18. The van der Waals surface area contributed by atoms with E-state index >= 15 is 0 Å². The van der Waals surface area contributed by atoms with Crippen molar-refractivity contribution in [1.29, 1.82) is 0 Å². The average molecular weight is 394 g/mol. The second kappa shape index (κ2) is 8.07. The van der Waals surface area contributed by atoms with E-state index in [4.69, 9.17) is 11.6 Å². The van der Waals surface area contributed by atoms with E-state index in [1.54, 1.807) is 41.3 Å². The van der Waals surface area contributed by atoms with Gasteiger partial charge in [-0.05, 0) is 48.7 Å². The van der Waals surface area contributed by atoms with Crippen molar-refractivity contribution in [3.63, 3.8) is 0 Å². The molecule has 0 aromatic heterocycles. The fourth-order valence-corrected chi connectivity index (χ4v) is 3.95. The van der Waals surface area contributed by atoms with Crippen LogP contribution in [0.5, 0.6) is 0 Å². The van der Waals surface area contributed by atoms with Crippen LogP contribution in [0.25, 0.3) is 0 Å². The minimum Gasteiger partial charge on any atom is -0.325 e. The van der Waals surface area contributed by atoms with Crippen molar-refractivity contribution < 1.29 is 13.2 Å². The topological polar surface area (TPSA) is 78.5 Å². The summed E-state index contributed by atoms with van der Waals surface area (Å²) in [5.74, 6) is 0. The Morgan fingerprint density at radius 1 is 1.04 bits per heavy atom. The minimum absolute atomic E-state index is 0.107. The molecule has 1 aliphatic heterocycles. The lowest BCUT2D eigenvalue weighted by atomic mass is 10.2. The molecule has 8 heteroatoms. The number of carbonyl (C=O) groups is 1. The van der Waals surface area contributed by atoms with Gasteiger partial charge >= 0.3 is 6.03 Å². The SMILES string of the molecule is O=C(Nc1ccc(S(=O)(=O)NCc2ccccc2Cl)cc1)N1CCCC1. The summed E-state index contributed by atoms with van der Waals surface area (Å²) in [5, 5.41) is 3.29. The van der Waals surface area contributed by atoms with Gasteiger partial charge in [-0.3, -0.25) is 0 Å². The van der Waals surface area contributed by atoms with Crippen LogP contribution < -0.4 is 10.0 Å². The number of anilines is 1. The molecular weight excluding hydrogens is 374 g/mol. The number of likely N-dealkylation sites (tertiary alicyclic amines) is 1. The smallest absolute Gasteiger partial charge is 0.321 e. The van der Waals surface area contributed by atoms with Crippen LogP contribution in [0.1, 0.15) is 18.4 Å². The molecule has 1 aliphatic rings. The number of rotatable bonds is 5. The molecule has 1 saturated heterocycles. The zero-order valence-corrected chi connectivity index (χ0v) is 15.7. The largest absolute Gasteiger partial charge is 0.325 e. The molecule has 0 unspecified atom stereocenters. The Bertz CT molecular complexity index is 879.